The smallest absolute Gasteiger partial charge is 0.407 e. The summed E-state index contributed by atoms with van der Waals surface area (Å²) in [6.07, 6.45) is -0.544. The second kappa shape index (κ2) is 8.71. The van der Waals surface area contributed by atoms with Crippen LogP contribution in [-0.2, 0) is 4.74 Å². The summed E-state index contributed by atoms with van der Waals surface area (Å²) in [5, 5.41) is 2.61. The van der Waals surface area contributed by atoms with Gasteiger partial charge in [-0.15, -0.1) is 0 Å². The lowest BCUT2D eigenvalue weighted by molar-refractivity contribution is 0.144. The summed E-state index contributed by atoms with van der Waals surface area (Å²) in [6, 6.07) is 20.4. The van der Waals surface area contributed by atoms with E-state index < -0.39 is 11.9 Å². The lowest BCUT2D eigenvalue weighted by Gasteiger charge is -2.14. The highest BCUT2D eigenvalue weighted by Gasteiger charge is 2.28. The number of ether oxygens (including phenoxy) is 2. The Labute approximate surface area is 174 Å². The van der Waals surface area contributed by atoms with Crippen LogP contribution in [-0.4, -0.2) is 26.4 Å². The van der Waals surface area contributed by atoms with E-state index in [4.69, 9.17) is 9.47 Å². The number of carbonyl (C=O) groups is 1. The first-order chi connectivity index (χ1) is 14.7. The molecule has 1 aliphatic carbocycles. The Morgan fingerprint density at radius 1 is 1.03 bits per heavy atom. The highest BCUT2D eigenvalue weighted by molar-refractivity contribution is 5.79. The molecule has 30 heavy (non-hydrogen) atoms. The third-order valence-corrected chi connectivity index (χ3v) is 5.05. The fraction of sp³-hybridized carbons (Fsp3) is 0.160. The van der Waals surface area contributed by atoms with Gasteiger partial charge in [-0.1, -0.05) is 60.4 Å². The third kappa shape index (κ3) is 3.99. The Kier molecular flexibility index (Phi) is 5.67. The van der Waals surface area contributed by atoms with E-state index in [1.807, 2.05) is 24.3 Å². The van der Waals surface area contributed by atoms with Crippen LogP contribution < -0.4 is 10.1 Å². The van der Waals surface area contributed by atoms with E-state index in [9.17, 15) is 9.18 Å². The molecule has 3 aromatic carbocycles. The first-order valence-electron chi connectivity index (χ1n) is 9.58. The maximum absolute atomic E-state index is 13.4. The van der Waals surface area contributed by atoms with Gasteiger partial charge in [0.15, 0.2) is 0 Å². The number of benzene rings is 3. The number of carbonyl (C=O) groups excluding carboxylic acids is 1. The summed E-state index contributed by atoms with van der Waals surface area (Å²) in [5.74, 6) is 5.67. The molecule has 0 saturated heterocycles. The fourth-order valence-corrected chi connectivity index (χ4v) is 3.68. The van der Waals surface area contributed by atoms with Crippen LogP contribution >= 0.6 is 0 Å². The molecule has 0 fully saturated rings. The summed E-state index contributed by atoms with van der Waals surface area (Å²) in [4.78, 5) is 12.1. The van der Waals surface area contributed by atoms with Crippen molar-refractivity contribution in [2.75, 3.05) is 20.3 Å². The number of fused-ring (bicyclic) bond motifs is 3. The van der Waals surface area contributed by atoms with Gasteiger partial charge in [0.2, 0.25) is 0 Å². The highest BCUT2D eigenvalue weighted by atomic mass is 19.1. The molecule has 0 aromatic heterocycles. The van der Waals surface area contributed by atoms with Crippen LogP contribution in [0.1, 0.15) is 22.6 Å². The maximum atomic E-state index is 13.4. The van der Waals surface area contributed by atoms with Gasteiger partial charge in [0.05, 0.1) is 19.2 Å². The summed E-state index contributed by atoms with van der Waals surface area (Å²) in [7, 11) is 1.49. The second-order valence-corrected chi connectivity index (χ2v) is 6.83. The summed E-state index contributed by atoms with van der Waals surface area (Å²) >= 11 is 0. The molecule has 0 spiro atoms. The van der Waals surface area contributed by atoms with E-state index in [0.717, 1.165) is 11.1 Å². The van der Waals surface area contributed by atoms with E-state index in [2.05, 4.69) is 41.4 Å². The van der Waals surface area contributed by atoms with Gasteiger partial charge in [0.1, 0.15) is 18.2 Å². The molecule has 0 heterocycles. The molecular formula is C25H20FNO3. The van der Waals surface area contributed by atoms with E-state index in [1.54, 1.807) is 0 Å². The normalized spacial score (nSPS) is 11.7. The van der Waals surface area contributed by atoms with Crippen molar-refractivity contribution in [2.24, 2.45) is 0 Å². The number of nitrogens with one attached hydrogen (secondary N) is 1. The average Bonchev–Trinajstić information content (AvgIpc) is 3.09. The minimum atomic E-state index is -0.544. The summed E-state index contributed by atoms with van der Waals surface area (Å²) < 4.78 is 24.0. The zero-order valence-electron chi connectivity index (χ0n) is 16.4. The molecule has 0 saturated carbocycles. The molecule has 4 nitrogen and oxygen atoms in total. The largest absolute Gasteiger partial charge is 0.495 e. The van der Waals surface area contributed by atoms with Crippen LogP contribution in [0.4, 0.5) is 9.18 Å². The Balaban J connectivity index is 1.36. The van der Waals surface area contributed by atoms with Crippen LogP contribution in [0.25, 0.3) is 11.1 Å². The average molecular weight is 401 g/mol. The van der Waals surface area contributed by atoms with E-state index in [0.29, 0.717) is 11.3 Å². The van der Waals surface area contributed by atoms with Crippen molar-refractivity contribution >= 4 is 6.09 Å². The van der Waals surface area contributed by atoms with Gasteiger partial charge >= 0.3 is 6.09 Å². The van der Waals surface area contributed by atoms with E-state index in [-0.39, 0.29) is 19.1 Å². The van der Waals surface area contributed by atoms with Gasteiger partial charge in [-0.05, 0) is 40.5 Å². The number of amides is 1. The Bertz CT molecular complexity index is 1100. The molecule has 0 bridgehead atoms. The SMILES string of the molecule is COc1ccc(F)cc1C#CCNC(=O)OCC1c2ccccc2-c2ccccc21. The number of alkyl carbamates (subject to hydrolysis) is 1. The first-order valence-corrected chi connectivity index (χ1v) is 9.58. The van der Waals surface area contributed by atoms with Crippen molar-refractivity contribution in [1.82, 2.24) is 5.32 Å². The van der Waals surface area contributed by atoms with Gasteiger partial charge in [-0.2, -0.15) is 0 Å². The monoisotopic (exact) mass is 401 g/mol. The van der Waals surface area contributed by atoms with Crippen LogP contribution in [0.3, 0.4) is 0 Å². The van der Waals surface area contributed by atoms with Gasteiger partial charge in [-0.3, -0.25) is 0 Å². The maximum Gasteiger partial charge on any atom is 0.407 e. The van der Waals surface area contributed by atoms with E-state index in [1.165, 1.54) is 36.4 Å². The van der Waals surface area contributed by atoms with Crippen molar-refractivity contribution in [3.8, 4) is 28.7 Å². The quantitative estimate of drug-likeness (QED) is 0.644. The molecule has 0 atom stereocenters. The zero-order chi connectivity index (χ0) is 20.9. The summed E-state index contributed by atoms with van der Waals surface area (Å²) in [6.45, 7) is 0.321. The number of halogens is 1. The second-order valence-electron chi connectivity index (χ2n) is 6.83. The lowest BCUT2D eigenvalue weighted by Crippen LogP contribution is -2.26. The van der Waals surface area contributed by atoms with Crippen LogP contribution in [0, 0.1) is 17.7 Å². The number of rotatable bonds is 4. The standard InChI is InChI=1S/C25H20FNO3/c1-29-24-13-12-18(26)15-17(24)7-6-14-27-25(28)30-16-23-21-10-4-2-8-19(21)20-9-3-5-11-22(20)23/h2-5,8-13,15,23H,14,16H2,1H3,(H,27,28). The Morgan fingerprint density at radius 2 is 1.70 bits per heavy atom. The van der Waals surface area contributed by atoms with Crippen LogP contribution in [0.2, 0.25) is 0 Å². The van der Waals surface area contributed by atoms with Gasteiger partial charge in [0.25, 0.3) is 0 Å². The molecule has 0 unspecified atom stereocenters. The molecule has 1 aliphatic rings. The zero-order valence-corrected chi connectivity index (χ0v) is 16.4. The molecule has 0 aliphatic heterocycles. The van der Waals surface area contributed by atoms with E-state index >= 15 is 0 Å². The predicted molar refractivity (Wildman–Crippen MR) is 113 cm³/mol. The first kappa shape index (κ1) is 19.5. The predicted octanol–water partition coefficient (Wildman–Crippen LogP) is 4.72. The van der Waals surface area contributed by atoms with Crippen molar-refractivity contribution in [1.29, 1.82) is 0 Å². The Hall–Kier alpha value is -3.78. The number of hydrogen-bond acceptors (Lipinski definition) is 3. The molecule has 1 N–H and O–H groups in total. The highest BCUT2D eigenvalue weighted by Crippen LogP contribution is 2.44. The molecule has 5 heteroatoms. The van der Waals surface area contributed by atoms with Gasteiger partial charge in [0, 0.05) is 5.92 Å². The van der Waals surface area contributed by atoms with Gasteiger partial charge in [-0.25, -0.2) is 9.18 Å². The molecule has 0 radical (unpaired) electrons. The van der Waals surface area contributed by atoms with Crippen molar-refractivity contribution in [2.45, 2.75) is 5.92 Å². The third-order valence-electron chi connectivity index (χ3n) is 5.05. The summed E-state index contributed by atoms with van der Waals surface area (Å²) in [5.41, 5.74) is 5.09. The fourth-order valence-electron chi connectivity index (χ4n) is 3.68. The van der Waals surface area contributed by atoms with Crippen LogP contribution in [0.5, 0.6) is 5.75 Å². The topological polar surface area (TPSA) is 47.6 Å². The van der Waals surface area contributed by atoms with Crippen molar-refractivity contribution in [3.63, 3.8) is 0 Å². The lowest BCUT2D eigenvalue weighted by atomic mass is 9.98. The minimum Gasteiger partial charge on any atom is -0.495 e. The number of methoxy groups -OCH3 is 1. The van der Waals surface area contributed by atoms with Crippen molar-refractivity contribution < 1.29 is 18.7 Å². The van der Waals surface area contributed by atoms with Gasteiger partial charge < -0.3 is 14.8 Å². The minimum absolute atomic E-state index is 0.00536. The van der Waals surface area contributed by atoms with Crippen LogP contribution in [0.15, 0.2) is 66.7 Å². The molecule has 4 rings (SSSR count). The molecule has 1 amide bonds. The molecule has 3 aromatic rings. The molecule has 150 valence electrons. The van der Waals surface area contributed by atoms with Crippen molar-refractivity contribution in [3.05, 3.63) is 89.2 Å². The number of hydrogen-bond donors (Lipinski definition) is 1. The molecular weight excluding hydrogens is 381 g/mol. The Morgan fingerprint density at radius 3 is 2.37 bits per heavy atom.